The predicted octanol–water partition coefficient (Wildman–Crippen LogP) is -1.51. The molecule has 0 aliphatic heterocycles. The molecule has 0 atom stereocenters. The van der Waals surface area contributed by atoms with Gasteiger partial charge >= 0.3 is 0 Å². The van der Waals surface area contributed by atoms with Crippen LogP contribution in [0.15, 0.2) is 0 Å². The van der Waals surface area contributed by atoms with Crippen molar-refractivity contribution >= 4 is 6.09 Å². The summed E-state index contributed by atoms with van der Waals surface area (Å²) in [5, 5.41) is 18.0. The maximum atomic E-state index is 9.28. The number of nitrogens with two attached hydrogens (primary N) is 1. The van der Waals surface area contributed by atoms with Crippen LogP contribution < -0.4 is 34.8 Å². The quantitative estimate of drug-likeness (QED) is 0.317. The molecule has 5 nitrogen and oxygen atoms in total. The lowest BCUT2D eigenvalue weighted by molar-refractivity contribution is -0.929. The molecule has 1 amide bonds. The van der Waals surface area contributed by atoms with Gasteiger partial charge in [0.2, 0.25) is 0 Å². The van der Waals surface area contributed by atoms with Crippen LogP contribution in [0.4, 0.5) is 4.79 Å². The highest BCUT2D eigenvalue weighted by Gasteiger charge is 2.24. The van der Waals surface area contributed by atoms with Crippen LogP contribution in [-0.4, -0.2) is 48.5 Å². The number of hydrogen-bond donors (Lipinski definition) is 2. The Morgan fingerprint density at radius 3 is 1.43 bits per heavy atom. The molecule has 0 aliphatic rings. The second-order valence-electron chi connectivity index (χ2n) is 5.34. The highest BCUT2D eigenvalue weighted by atomic mass is 127. The number of unbranched alkanes of at least 4 members (excludes halogenated alkanes) is 3. The monoisotopic (exact) mass is 417 g/mol. The fourth-order valence-corrected chi connectivity index (χ4v) is 2.36. The normalized spacial score (nSPS) is 10.3. The molecule has 0 aromatic rings. The first kappa shape index (κ1) is 25.9. The van der Waals surface area contributed by atoms with Crippen LogP contribution >= 0.6 is 0 Å². The third-order valence-electron chi connectivity index (χ3n) is 3.53. The summed E-state index contributed by atoms with van der Waals surface area (Å²) in [5.74, 6) is 0. The van der Waals surface area contributed by atoms with Gasteiger partial charge in [0, 0.05) is 0 Å². The summed E-state index contributed by atoms with van der Waals surface area (Å²) in [7, 11) is 0. The minimum atomic E-state index is -1.58. The Balaban J connectivity index is -0.000000572. The van der Waals surface area contributed by atoms with Crippen molar-refractivity contribution in [2.75, 3.05) is 32.8 Å². The van der Waals surface area contributed by atoms with E-state index in [-0.39, 0.29) is 24.0 Å². The zero-order valence-corrected chi connectivity index (χ0v) is 16.1. The number of aliphatic hydroxyl groups excluding tert-OH is 1. The number of carboxylic acid groups (broad SMARTS) is 1. The lowest BCUT2D eigenvalue weighted by Crippen LogP contribution is -3.00. The molecule has 0 aliphatic carbocycles. The summed E-state index contributed by atoms with van der Waals surface area (Å²) in [6.07, 6.45) is 6.12. The van der Waals surface area contributed by atoms with Crippen molar-refractivity contribution in [3.8, 4) is 0 Å². The lowest BCUT2D eigenvalue weighted by Gasteiger charge is -2.38. The number of carbonyl (C=O) groups excluding carboxylic acids is 1. The van der Waals surface area contributed by atoms with Crippen LogP contribution in [0.5, 0.6) is 0 Å². The molecule has 0 saturated carbocycles. The second-order valence-corrected chi connectivity index (χ2v) is 5.34. The zero-order valence-electron chi connectivity index (χ0n) is 13.9. The average Bonchev–Trinajstić information content (AvgIpc) is 2.40. The van der Waals surface area contributed by atoms with Crippen molar-refractivity contribution < 1.29 is 43.5 Å². The van der Waals surface area contributed by atoms with E-state index in [2.05, 4.69) is 26.5 Å². The molecule has 0 heterocycles. The average molecular weight is 417 g/mol. The molecule has 0 aromatic carbocycles. The zero-order chi connectivity index (χ0) is 15.9. The number of carbonyl (C=O) groups is 1. The van der Waals surface area contributed by atoms with E-state index in [9.17, 15) is 5.11 Å². The van der Waals surface area contributed by atoms with Gasteiger partial charge in [-0.15, -0.1) is 0 Å². The number of aliphatic hydroxyl groups is 1. The fourth-order valence-electron chi connectivity index (χ4n) is 2.36. The standard InChI is InChI=1S/C14H32NO.CH3NO2.HI/c1-4-7-10-15(13-14-16,11-8-5-2)12-9-6-3;2-1(3)4;/h16H,4-14H2,1-3H3;2H2,(H,3,4);1H/q+1;;/p-2. The van der Waals surface area contributed by atoms with Crippen LogP contribution in [0.1, 0.15) is 59.3 Å². The molecule has 6 heteroatoms. The van der Waals surface area contributed by atoms with Gasteiger partial charge in [0.15, 0.2) is 0 Å². The van der Waals surface area contributed by atoms with Gasteiger partial charge in [-0.3, -0.25) is 0 Å². The summed E-state index contributed by atoms with van der Waals surface area (Å²) in [4.78, 5) is 8.67. The lowest BCUT2D eigenvalue weighted by atomic mass is 10.1. The van der Waals surface area contributed by atoms with E-state index in [1.807, 2.05) is 0 Å². The number of nitrogens with zero attached hydrogens (tertiary/aromatic N) is 1. The van der Waals surface area contributed by atoms with E-state index in [0.29, 0.717) is 6.61 Å². The van der Waals surface area contributed by atoms with Gasteiger partial charge in [-0.1, -0.05) is 40.0 Å². The van der Waals surface area contributed by atoms with Crippen LogP contribution in [0.3, 0.4) is 0 Å². The summed E-state index contributed by atoms with van der Waals surface area (Å²) in [6, 6.07) is 0. The summed E-state index contributed by atoms with van der Waals surface area (Å²) >= 11 is 0. The number of hydrogen-bond acceptors (Lipinski definition) is 3. The SMILES string of the molecule is CCCC[N+](CCO)(CCCC)CCCC.NC(=O)[O-].[I-]. The van der Waals surface area contributed by atoms with E-state index in [0.717, 1.165) is 11.0 Å². The molecular weight excluding hydrogens is 383 g/mol. The fraction of sp³-hybridized carbons (Fsp3) is 0.933. The van der Waals surface area contributed by atoms with Gasteiger partial charge in [-0.25, -0.2) is 0 Å². The number of primary amides is 1. The molecule has 21 heavy (non-hydrogen) atoms. The van der Waals surface area contributed by atoms with E-state index >= 15 is 0 Å². The summed E-state index contributed by atoms with van der Waals surface area (Å²) in [6.45, 7) is 11.9. The highest BCUT2D eigenvalue weighted by molar-refractivity contribution is 5.58. The highest BCUT2D eigenvalue weighted by Crippen LogP contribution is 2.14. The van der Waals surface area contributed by atoms with E-state index < -0.39 is 6.09 Å². The van der Waals surface area contributed by atoms with Gasteiger partial charge in [-0.05, 0) is 19.3 Å². The van der Waals surface area contributed by atoms with Crippen molar-refractivity contribution in [2.24, 2.45) is 5.73 Å². The Hall–Kier alpha value is -0.0800. The van der Waals surface area contributed by atoms with Crippen molar-refractivity contribution in [2.45, 2.75) is 59.3 Å². The first-order valence-electron chi connectivity index (χ1n) is 7.90. The largest absolute Gasteiger partial charge is 1.00 e. The Kier molecular flexibility index (Phi) is 22.1. The van der Waals surface area contributed by atoms with Crippen LogP contribution in [0.2, 0.25) is 0 Å². The Morgan fingerprint density at radius 1 is 0.952 bits per heavy atom. The van der Waals surface area contributed by atoms with Crippen molar-refractivity contribution in [1.29, 1.82) is 0 Å². The Morgan fingerprint density at radius 2 is 1.24 bits per heavy atom. The molecular formula is C15H34IN2O3-. The molecule has 0 unspecified atom stereocenters. The second kappa shape index (κ2) is 18.0. The third-order valence-corrected chi connectivity index (χ3v) is 3.53. The number of rotatable bonds is 11. The molecule has 130 valence electrons. The minimum Gasteiger partial charge on any atom is -1.00 e. The molecule has 0 saturated heterocycles. The van der Waals surface area contributed by atoms with E-state index in [1.54, 1.807) is 0 Å². The van der Waals surface area contributed by atoms with Crippen LogP contribution in [0, 0.1) is 0 Å². The number of halogens is 1. The summed E-state index contributed by atoms with van der Waals surface area (Å²) < 4.78 is 1.16. The maximum absolute atomic E-state index is 9.28. The van der Waals surface area contributed by atoms with Crippen LogP contribution in [-0.2, 0) is 0 Å². The minimum absolute atomic E-state index is 0. The smallest absolute Gasteiger partial charge is 0.131 e. The first-order chi connectivity index (χ1) is 9.47. The van der Waals surface area contributed by atoms with Crippen molar-refractivity contribution in [3.63, 3.8) is 0 Å². The van der Waals surface area contributed by atoms with E-state index in [1.165, 1.54) is 58.2 Å². The van der Waals surface area contributed by atoms with Crippen LogP contribution in [0.25, 0.3) is 0 Å². The van der Waals surface area contributed by atoms with Gasteiger partial charge in [-0.2, -0.15) is 0 Å². The predicted molar refractivity (Wildman–Crippen MR) is 81.1 cm³/mol. The topological polar surface area (TPSA) is 86.4 Å². The maximum Gasteiger partial charge on any atom is 0.131 e. The van der Waals surface area contributed by atoms with E-state index in [4.69, 9.17) is 9.90 Å². The molecule has 0 fully saturated rings. The summed E-state index contributed by atoms with van der Waals surface area (Å²) in [5.41, 5.74) is 3.92. The molecule has 0 bridgehead atoms. The molecule has 0 aromatic heterocycles. The Labute approximate surface area is 147 Å². The molecule has 0 radical (unpaired) electrons. The Bertz CT molecular complexity index is 203. The number of quaternary nitrogens is 1. The first-order valence-corrected chi connectivity index (χ1v) is 7.90. The molecule has 3 N–H and O–H groups in total. The number of amides is 1. The van der Waals surface area contributed by atoms with Gasteiger partial charge in [0.1, 0.15) is 12.6 Å². The van der Waals surface area contributed by atoms with Crippen molar-refractivity contribution in [3.05, 3.63) is 0 Å². The van der Waals surface area contributed by atoms with Gasteiger partial charge in [0.05, 0.1) is 26.2 Å². The van der Waals surface area contributed by atoms with Gasteiger partial charge in [0.25, 0.3) is 0 Å². The molecule has 0 spiro atoms. The molecule has 0 rings (SSSR count). The van der Waals surface area contributed by atoms with Crippen molar-refractivity contribution in [1.82, 2.24) is 0 Å². The van der Waals surface area contributed by atoms with Gasteiger partial charge < -0.3 is 49.2 Å². The third kappa shape index (κ3) is 17.9.